The van der Waals surface area contributed by atoms with E-state index in [-0.39, 0.29) is 30.8 Å². The van der Waals surface area contributed by atoms with Crippen LogP contribution in [0.1, 0.15) is 22.8 Å². The van der Waals surface area contributed by atoms with Crippen molar-refractivity contribution in [3.05, 3.63) is 59.7 Å². The number of hydrogen-bond acceptors (Lipinski definition) is 6. The SMILES string of the molecule is CCOC(=O)N1CCN(C(=O)c2cc(NC(=O)COC)cc3ncn(Cc4ccc(F)cc4)c23)CC1. The van der Waals surface area contributed by atoms with Crippen LogP contribution < -0.4 is 5.32 Å². The number of benzene rings is 2. The first-order chi connectivity index (χ1) is 17.4. The van der Waals surface area contributed by atoms with Crippen molar-refractivity contribution in [2.45, 2.75) is 13.5 Å². The van der Waals surface area contributed by atoms with Gasteiger partial charge in [0.05, 0.1) is 29.5 Å². The summed E-state index contributed by atoms with van der Waals surface area (Å²) in [6.07, 6.45) is 1.22. The number of ether oxygens (including phenoxy) is 2. The zero-order valence-corrected chi connectivity index (χ0v) is 20.2. The summed E-state index contributed by atoms with van der Waals surface area (Å²) in [6, 6.07) is 9.44. The molecule has 1 aliphatic heterocycles. The minimum Gasteiger partial charge on any atom is -0.450 e. The predicted molar refractivity (Wildman–Crippen MR) is 130 cm³/mol. The molecule has 2 heterocycles. The van der Waals surface area contributed by atoms with Gasteiger partial charge in [-0.15, -0.1) is 0 Å². The van der Waals surface area contributed by atoms with Gasteiger partial charge < -0.3 is 29.2 Å². The van der Waals surface area contributed by atoms with Gasteiger partial charge in [0.25, 0.3) is 5.91 Å². The summed E-state index contributed by atoms with van der Waals surface area (Å²) >= 11 is 0. The van der Waals surface area contributed by atoms with Crippen LogP contribution in [-0.4, -0.2) is 83.8 Å². The smallest absolute Gasteiger partial charge is 0.409 e. The Balaban J connectivity index is 1.65. The molecule has 0 spiro atoms. The van der Waals surface area contributed by atoms with Crippen molar-refractivity contribution in [2.24, 2.45) is 0 Å². The van der Waals surface area contributed by atoms with Crippen molar-refractivity contribution in [2.75, 3.05) is 51.8 Å². The molecule has 1 N–H and O–H groups in total. The summed E-state index contributed by atoms with van der Waals surface area (Å²) in [5.41, 5.74) is 2.76. The van der Waals surface area contributed by atoms with E-state index in [2.05, 4.69) is 10.3 Å². The molecule has 0 unspecified atom stereocenters. The predicted octanol–water partition coefficient (Wildman–Crippen LogP) is 2.72. The first kappa shape index (κ1) is 25.1. The highest BCUT2D eigenvalue weighted by molar-refractivity contribution is 6.07. The van der Waals surface area contributed by atoms with Crippen LogP contribution in [0.3, 0.4) is 0 Å². The van der Waals surface area contributed by atoms with Crippen molar-refractivity contribution in [3.8, 4) is 0 Å². The summed E-state index contributed by atoms with van der Waals surface area (Å²) in [5.74, 6) is -0.931. The number of carbonyl (C=O) groups excluding carboxylic acids is 3. The number of carbonyl (C=O) groups is 3. The van der Waals surface area contributed by atoms with Gasteiger partial charge in [0.2, 0.25) is 5.91 Å². The Kier molecular flexibility index (Phi) is 7.79. The molecule has 36 heavy (non-hydrogen) atoms. The highest BCUT2D eigenvalue weighted by atomic mass is 19.1. The zero-order valence-electron chi connectivity index (χ0n) is 20.2. The van der Waals surface area contributed by atoms with Gasteiger partial charge in [0.1, 0.15) is 12.4 Å². The lowest BCUT2D eigenvalue weighted by Crippen LogP contribution is -2.50. The normalized spacial score (nSPS) is 13.6. The monoisotopic (exact) mass is 497 g/mol. The van der Waals surface area contributed by atoms with Gasteiger partial charge >= 0.3 is 6.09 Å². The van der Waals surface area contributed by atoms with Gasteiger partial charge in [-0.2, -0.15) is 0 Å². The third kappa shape index (κ3) is 5.62. The van der Waals surface area contributed by atoms with Gasteiger partial charge in [-0.3, -0.25) is 9.59 Å². The second-order valence-corrected chi connectivity index (χ2v) is 8.35. The number of nitrogens with one attached hydrogen (secondary N) is 1. The van der Waals surface area contributed by atoms with Gasteiger partial charge in [-0.05, 0) is 36.8 Å². The fourth-order valence-corrected chi connectivity index (χ4v) is 4.16. The first-order valence-electron chi connectivity index (χ1n) is 11.6. The van der Waals surface area contributed by atoms with Crippen molar-refractivity contribution >= 4 is 34.6 Å². The molecule has 0 radical (unpaired) electrons. The zero-order chi connectivity index (χ0) is 25.7. The molecule has 0 saturated carbocycles. The highest BCUT2D eigenvalue weighted by Gasteiger charge is 2.28. The van der Waals surface area contributed by atoms with Crippen molar-refractivity contribution in [3.63, 3.8) is 0 Å². The molecule has 0 bridgehead atoms. The molecule has 4 rings (SSSR count). The number of aromatic nitrogens is 2. The Morgan fingerprint density at radius 2 is 1.75 bits per heavy atom. The maximum atomic E-state index is 13.7. The summed E-state index contributed by atoms with van der Waals surface area (Å²) in [4.78, 5) is 45.5. The average Bonchev–Trinajstić information content (AvgIpc) is 3.27. The van der Waals surface area contributed by atoms with Gasteiger partial charge in [0.15, 0.2) is 0 Å². The summed E-state index contributed by atoms with van der Waals surface area (Å²) < 4.78 is 25.1. The largest absolute Gasteiger partial charge is 0.450 e. The number of piperazine rings is 1. The molecule has 2 aromatic carbocycles. The van der Waals surface area contributed by atoms with Crippen LogP contribution in [0.2, 0.25) is 0 Å². The number of imidazole rings is 1. The lowest BCUT2D eigenvalue weighted by molar-refractivity contribution is -0.119. The quantitative estimate of drug-likeness (QED) is 0.538. The highest BCUT2D eigenvalue weighted by Crippen LogP contribution is 2.26. The molecular weight excluding hydrogens is 469 g/mol. The molecule has 3 amide bonds. The minimum atomic E-state index is -0.396. The van der Waals surface area contributed by atoms with E-state index in [9.17, 15) is 18.8 Å². The van der Waals surface area contributed by atoms with Crippen LogP contribution >= 0.6 is 0 Å². The topological polar surface area (TPSA) is 106 Å². The van der Waals surface area contributed by atoms with Gasteiger partial charge in [-0.25, -0.2) is 14.2 Å². The molecule has 0 atom stereocenters. The van der Waals surface area contributed by atoms with Crippen molar-refractivity contribution in [1.82, 2.24) is 19.4 Å². The summed E-state index contributed by atoms with van der Waals surface area (Å²) in [5, 5.41) is 2.74. The van der Waals surface area contributed by atoms with Crippen LogP contribution in [0.4, 0.5) is 14.9 Å². The number of fused-ring (bicyclic) bond motifs is 1. The molecule has 190 valence electrons. The lowest BCUT2D eigenvalue weighted by atomic mass is 10.1. The molecule has 1 fully saturated rings. The fraction of sp³-hybridized carbons (Fsp3) is 0.360. The van der Waals surface area contributed by atoms with Crippen LogP contribution in [0, 0.1) is 5.82 Å². The van der Waals surface area contributed by atoms with E-state index in [1.165, 1.54) is 19.2 Å². The van der Waals surface area contributed by atoms with E-state index >= 15 is 0 Å². The number of methoxy groups -OCH3 is 1. The molecule has 11 heteroatoms. The van der Waals surface area contributed by atoms with Crippen LogP contribution in [-0.2, 0) is 20.8 Å². The van der Waals surface area contributed by atoms with Crippen molar-refractivity contribution < 1.29 is 28.2 Å². The fourth-order valence-electron chi connectivity index (χ4n) is 4.16. The molecule has 1 aliphatic rings. The lowest BCUT2D eigenvalue weighted by Gasteiger charge is -2.34. The Labute approximate surface area is 207 Å². The van der Waals surface area contributed by atoms with E-state index in [4.69, 9.17) is 9.47 Å². The Morgan fingerprint density at radius 1 is 1.06 bits per heavy atom. The molecule has 0 aliphatic carbocycles. The molecule has 1 saturated heterocycles. The number of amides is 3. The number of rotatable bonds is 7. The summed E-state index contributed by atoms with van der Waals surface area (Å²) in [7, 11) is 1.42. The number of hydrogen-bond donors (Lipinski definition) is 1. The average molecular weight is 498 g/mol. The van der Waals surface area contributed by atoms with Crippen LogP contribution in [0.25, 0.3) is 11.0 Å². The van der Waals surface area contributed by atoms with E-state index in [1.54, 1.807) is 47.3 Å². The molecular formula is C25H28FN5O5. The maximum Gasteiger partial charge on any atom is 0.409 e. The number of halogens is 1. The van der Waals surface area contributed by atoms with Gasteiger partial charge in [-0.1, -0.05) is 12.1 Å². The minimum absolute atomic E-state index is 0.129. The molecule has 3 aromatic rings. The standard InChI is InChI=1S/C25H28FN5O5/c1-3-36-25(34)30-10-8-29(9-11-30)24(33)20-12-19(28-22(32)15-35-2)13-21-23(20)31(16-27-21)14-17-4-6-18(26)7-5-17/h4-7,12-13,16H,3,8-11,14-15H2,1-2H3,(H,28,32). The molecule has 10 nitrogen and oxygen atoms in total. The third-order valence-corrected chi connectivity index (χ3v) is 5.86. The first-order valence-corrected chi connectivity index (χ1v) is 11.6. The van der Waals surface area contributed by atoms with E-state index in [0.717, 1.165) is 5.56 Å². The Hall–Kier alpha value is -3.99. The third-order valence-electron chi connectivity index (χ3n) is 5.86. The molecule has 1 aromatic heterocycles. The van der Waals surface area contributed by atoms with E-state index < -0.39 is 6.09 Å². The van der Waals surface area contributed by atoms with Crippen molar-refractivity contribution in [1.29, 1.82) is 0 Å². The maximum absolute atomic E-state index is 13.7. The Bertz CT molecular complexity index is 1250. The summed E-state index contributed by atoms with van der Waals surface area (Å²) in [6.45, 7) is 3.67. The van der Waals surface area contributed by atoms with E-state index in [0.29, 0.717) is 55.0 Å². The van der Waals surface area contributed by atoms with Gasteiger partial charge in [0, 0.05) is 45.5 Å². The van der Waals surface area contributed by atoms with Crippen LogP contribution in [0.5, 0.6) is 0 Å². The number of nitrogens with zero attached hydrogens (tertiary/aromatic N) is 4. The number of anilines is 1. The Morgan fingerprint density at radius 3 is 2.42 bits per heavy atom. The second kappa shape index (κ2) is 11.2. The van der Waals surface area contributed by atoms with Crippen LogP contribution in [0.15, 0.2) is 42.7 Å². The second-order valence-electron chi connectivity index (χ2n) is 8.35. The van der Waals surface area contributed by atoms with E-state index in [1.807, 2.05) is 4.57 Å².